The van der Waals surface area contributed by atoms with E-state index in [4.69, 9.17) is 27.9 Å². The lowest BCUT2D eigenvalue weighted by atomic mass is 10.1. The van der Waals surface area contributed by atoms with Crippen LogP contribution in [-0.4, -0.2) is 28.1 Å². The molecule has 1 unspecified atom stereocenters. The maximum atomic E-state index is 12.2. The third-order valence-corrected chi connectivity index (χ3v) is 3.41. The standard InChI is InChI=1S/C14H16Cl2N2O2S/c1-5-6-14(2,3)18-12(19)13(21-4)20-9-7-10(15)17-11(16)8-9/h7-8,13H,1-4H3,(H,18,19). The molecule has 4 nitrogen and oxygen atoms in total. The van der Waals surface area contributed by atoms with Gasteiger partial charge in [-0.25, -0.2) is 4.98 Å². The molecule has 0 saturated carbocycles. The Morgan fingerprint density at radius 3 is 2.48 bits per heavy atom. The average Bonchev–Trinajstić information content (AvgIpc) is 2.33. The molecular weight excluding hydrogens is 331 g/mol. The second kappa shape index (κ2) is 7.79. The number of nitrogens with zero attached hydrogens (tertiary/aromatic N) is 1. The molecule has 1 rings (SSSR count). The number of nitrogens with one attached hydrogen (secondary N) is 1. The molecule has 0 aliphatic rings. The Morgan fingerprint density at radius 1 is 1.43 bits per heavy atom. The first-order valence-electron chi connectivity index (χ1n) is 6.06. The van der Waals surface area contributed by atoms with Crippen molar-refractivity contribution in [1.29, 1.82) is 0 Å². The van der Waals surface area contributed by atoms with Gasteiger partial charge in [0.05, 0.1) is 5.54 Å². The van der Waals surface area contributed by atoms with Gasteiger partial charge in [-0.2, -0.15) is 0 Å². The van der Waals surface area contributed by atoms with E-state index in [-0.39, 0.29) is 16.2 Å². The first-order valence-corrected chi connectivity index (χ1v) is 8.10. The van der Waals surface area contributed by atoms with Gasteiger partial charge in [0.2, 0.25) is 5.44 Å². The van der Waals surface area contributed by atoms with Gasteiger partial charge < -0.3 is 10.1 Å². The number of hydrogen-bond donors (Lipinski definition) is 1. The molecule has 7 heteroatoms. The van der Waals surface area contributed by atoms with Gasteiger partial charge in [-0.3, -0.25) is 4.79 Å². The van der Waals surface area contributed by atoms with E-state index in [9.17, 15) is 4.79 Å². The van der Waals surface area contributed by atoms with E-state index in [0.29, 0.717) is 5.75 Å². The van der Waals surface area contributed by atoms with Crippen LogP contribution in [0.5, 0.6) is 5.75 Å². The van der Waals surface area contributed by atoms with E-state index < -0.39 is 11.0 Å². The Bertz CT molecular complexity index is 562. The fourth-order valence-electron chi connectivity index (χ4n) is 1.55. The number of amides is 1. The highest BCUT2D eigenvalue weighted by Gasteiger charge is 2.25. The zero-order chi connectivity index (χ0) is 16.0. The monoisotopic (exact) mass is 346 g/mol. The smallest absolute Gasteiger partial charge is 0.272 e. The highest BCUT2D eigenvalue weighted by atomic mass is 35.5. The molecular formula is C14H16Cl2N2O2S. The van der Waals surface area contributed by atoms with Gasteiger partial charge in [0, 0.05) is 12.1 Å². The van der Waals surface area contributed by atoms with Crippen molar-refractivity contribution in [1.82, 2.24) is 10.3 Å². The summed E-state index contributed by atoms with van der Waals surface area (Å²) in [5.41, 5.74) is -1.37. The summed E-state index contributed by atoms with van der Waals surface area (Å²) in [6.45, 7) is 5.36. The molecule has 1 aromatic heterocycles. The molecule has 0 radical (unpaired) electrons. The first kappa shape index (κ1) is 18.0. The summed E-state index contributed by atoms with van der Waals surface area (Å²) in [5.74, 6) is 5.80. The lowest BCUT2D eigenvalue weighted by Crippen LogP contribution is -2.47. The molecule has 0 aromatic carbocycles. The van der Waals surface area contributed by atoms with Crippen molar-refractivity contribution < 1.29 is 9.53 Å². The number of carbonyl (C=O) groups is 1. The molecule has 21 heavy (non-hydrogen) atoms. The average molecular weight is 347 g/mol. The molecule has 0 spiro atoms. The summed E-state index contributed by atoms with van der Waals surface area (Å²) < 4.78 is 5.60. The third kappa shape index (κ3) is 6.04. The molecule has 1 amide bonds. The van der Waals surface area contributed by atoms with Gasteiger partial charge in [0.15, 0.2) is 0 Å². The zero-order valence-corrected chi connectivity index (χ0v) is 14.5. The number of ether oxygens (including phenoxy) is 1. The van der Waals surface area contributed by atoms with E-state index in [0.717, 1.165) is 0 Å². The van der Waals surface area contributed by atoms with E-state index in [1.807, 2.05) is 13.8 Å². The van der Waals surface area contributed by atoms with Crippen LogP contribution in [0, 0.1) is 11.8 Å². The van der Waals surface area contributed by atoms with Crippen molar-refractivity contribution in [3.8, 4) is 17.6 Å². The Hall–Kier alpha value is -1.09. The number of hydrogen-bond acceptors (Lipinski definition) is 4. The largest absolute Gasteiger partial charge is 0.470 e. The molecule has 0 aliphatic carbocycles. The van der Waals surface area contributed by atoms with E-state index in [2.05, 4.69) is 22.1 Å². The van der Waals surface area contributed by atoms with Crippen molar-refractivity contribution in [3.05, 3.63) is 22.4 Å². The summed E-state index contributed by atoms with van der Waals surface area (Å²) in [5, 5.41) is 3.23. The summed E-state index contributed by atoms with van der Waals surface area (Å²) >= 11 is 12.9. The molecule has 0 bridgehead atoms. The quantitative estimate of drug-likeness (QED) is 0.504. The van der Waals surface area contributed by atoms with Crippen LogP contribution in [0.4, 0.5) is 0 Å². The molecule has 0 saturated heterocycles. The van der Waals surface area contributed by atoms with Crippen LogP contribution in [0.15, 0.2) is 12.1 Å². The second-order valence-electron chi connectivity index (χ2n) is 4.62. The van der Waals surface area contributed by atoms with Crippen LogP contribution >= 0.6 is 35.0 Å². The fourth-order valence-corrected chi connectivity index (χ4v) is 2.47. The molecule has 1 N–H and O–H groups in total. The minimum absolute atomic E-state index is 0.204. The molecule has 0 aliphatic heterocycles. The Kier molecular flexibility index (Phi) is 6.66. The number of rotatable bonds is 5. The minimum atomic E-state index is -0.738. The van der Waals surface area contributed by atoms with Gasteiger partial charge in [-0.1, -0.05) is 29.1 Å². The lowest BCUT2D eigenvalue weighted by Gasteiger charge is -2.24. The van der Waals surface area contributed by atoms with Crippen LogP contribution in [-0.2, 0) is 4.79 Å². The van der Waals surface area contributed by atoms with Crippen molar-refractivity contribution in [2.75, 3.05) is 6.26 Å². The molecule has 0 fully saturated rings. The highest BCUT2D eigenvalue weighted by Crippen LogP contribution is 2.24. The predicted molar refractivity (Wildman–Crippen MR) is 87.9 cm³/mol. The van der Waals surface area contributed by atoms with Crippen molar-refractivity contribution in [3.63, 3.8) is 0 Å². The summed E-state index contributed by atoms with van der Waals surface area (Å²) in [4.78, 5) is 16.1. The maximum absolute atomic E-state index is 12.2. The Morgan fingerprint density at radius 2 is 2.00 bits per heavy atom. The highest BCUT2D eigenvalue weighted by molar-refractivity contribution is 7.99. The number of carbonyl (C=O) groups excluding carboxylic acids is 1. The van der Waals surface area contributed by atoms with Gasteiger partial charge >= 0.3 is 0 Å². The van der Waals surface area contributed by atoms with Crippen molar-refractivity contribution in [2.45, 2.75) is 31.7 Å². The van der Waals surface area contributed by atoms with Gasteiger partial charge in [-0.15, -0.1) is 17.7 Å². The van der Waals surface area contributed by atoms with Gasteiger partial charge in [0.1, 0.15) is 16.1 Å². The second-order valence-corrected chi connectivity index (χ2v) is 6.30. The summed E-state index contributed by atoms with van der Waals surface area (Å²) in [7, 11) is 0. The van der Waals surface area contributed by atoms with E-state index >= 15 is 0 Å². The molecule has 114 valence electrons. The fraction of sp³-hybridized carbons (Fsp3) is 0.429. The summed E-state index contributed by atoms with van der Waals surface area (Å²) in [6, 6.07) is 3.00. The van der Waals surface area contributed by atoms with Crippen LogP contribution in [0.1, 0.15) is 20.8 Å². The number of pyridine rings is 1. The third-order valence-electron chi connectivity index (χ3n) is 2.28. The Labute approximate surface area is 138 Å². The van der Waals surface area contributed by atoms with Crippen LogP contribution < -0.4 is 10.1 Å². The summed E-state index contributed by atoms with van der Waals surface area (Å²) in [6.07, 6.45) is 1.77. The minimum Gasteiger partial charge on any atom is -0.470 e. The van der Waals surface area contributed by atoms with Crippen LogP contribution in [0.25, 0.3) is 0 Å². The first-order chi connectivity index (χ1) is 9.77. The number of thioether (sulfide) groups is 1. The molecule has 1 aromatic rings. The number of halogens is 2. The van der Waals surface area contributed by atoms with Gasteiger partial charge in [0.25, 0.3) is 5.91 Å². The molecule has 1 heterocycles. The molecule has 1 atom stereocenters. The Balaban J connectivity index is 2.82. The predicted octanol–water partition coefficient (Wildman–Crippen LogP) is 3.37. The maximum Gasteiger partial charge on any atom is 0.272 e. The SMILES string of the molecule is CC#CC(C)(C)NC(=O)C(Oc1cc(Cl)nc(Cl)c1)SC. The van der Waals surface area contributed by atoms with Crippen LogP contribution in [0.2, 0.25) is 10.3 Å². The van der Waals surface area contributed by atoms with E-state index in [1.165, 1.54) is 23.9 Å². The lowest BCUT2D eigenvalue weighted by molar-refractivity contribution is -0.125. The van der Waals surface area contributed by atoms with Crippen molar-refractivity contribution >= 4 is 40.9 Å². The van der Waals surface area contributed by atoms with E-state index in [1.54, 1.807) is 13.2 Å². The normalized spacial score (nSPS) is 12.1. The van der Waals surface area contributed by atoms with Gasteiger partial charge in [-0.05, 0) is 27.0 Å². The van der Waals surface area contributed by atoms with Crippen molar-refractivity contribution in [2.24, 2.45) is 0 Å². The zero-order valence-electron chi connectivity index (χ0n) is 12.2. The number of aromatic nitrogens is 1. The van der Waals surface area contributed by atoms with Crippen LogP contribution in [0.3, 0.4) is 0 Å². The topological polar surface area (TPSA) is 51.2 Å².